The number of carbonyl (C=O) groups is 1. The molecule has 1 fully saturated rings. The predicted octanol–water partition coefficient (Wildman–Crippen LogP) is 4.09. The highest BCUT2D eigenvalue weighted by molar-refractivity contribution is 7.73. The van der Waals surface area contributed by atoms with Gasteiger partial charge in [-0.3, -0.25) is 4.79 Å². The first-order valence-corrected chi connectivity index (χ1v) is 8.79. The fourth-order valence-electron chi connectivity index (χ4n) is 2.97. The van der Waals surface area contributed by atoms with Crippen LogP contribution in [0.15, 0.2) is 0 Å². The monoisotopic (exact) mass is 312 g/mol. The number of hydrogen-bond donors (Lipinski definition) is 1. The number of aromatic nitrogens is 1. The Morgan fingerprint density at radius 2 is 2.25 bits per heavy atom. The number of amides is 1. The van der Waals surface area contributed by atoms with E-state index in [-0.39, 0.29) is 5.91 Å². The molecule has 0 spiro atoms. The quantitative estimate of drug-likeness (QED) is 0.850. The standard InChI is InChI=1S/C15H24N2OS2/c1-3-5-12-6-4-8-17(9-7-12)14(18)10-13-11(2)16-15(19)20-13/h12H,3-10H2,1-2H3,(H,16,19)/t12-/m1/s1. The van der Waals surface area contributed by atoms with Gasteiger partial charge in [0.15, 0.2) is 3.95 Å². The van der Waals surface area contributed by atoms with E-state index in [9.17, 15) is 4.79 Å². The van der Waals surface area contributed by atoms with Crippen molar-refractivity contribution in [2.45, 2.75) is 52.4 Å². The summed E-state index contributed by atoms with van der Waals surface area (Å²) in [5, 5.41) is 0. The van der Waals surface area contributed by atoms with Crippen molar-refractivity contribution in [2.24, 2.45) is 5.92 Å². The van der Waals surface area contributed by atoms with E-state index in [1.165, 1.54) is 37.0 Å². The number of nitrogens with one attached hydrogen (secondary N) is 1. The van der Waals surface area contributed by atoms with Crippen molar-refractivity contribution in [3.05, 3.63) is 14.5 Å². The Hall–Kier alpha value is -0.680. The molecule has 3 nitrogen and oxygen atoms in total. The van der Waals surface area contributed by atoms with E-state index in [1.807, 2.05) is 6.92 Å². The molecular formula is C15H24N2OS2. The summed E-state index contributed by atoms with van der Waals surface area (Å²) >= 11 is 6.67. The van der Waals surface area contributed by atoms with Gasteiger partial charge in [0.1, 0.15) is 0 Å². The molecule has 0 aliphatic carbocycles. The summed E-state index contributed by atoms with van der Waals surface area (Å²) in [6.45, 7) is 6.09. The normalized spacial score (nSPS) is 19.9. The van der Waals surface area contributed by atoms with Gasteiger partial charge in [-0.15, -0.1) is 11.3 Å². The number of nitrogens with zero attached hydrogens (tertiary/aromatic N) is 1. The van der Waals surface area contributed by atoms with Crippen LogP contribution in [-0.4, -0.2) is 28.9 Å². The maximum Gasteiger partial charge on any atom is 0.227 e. The molecule has 112 valence electrons. The van der Waals surface area contributed by atoms with Crippen LogP contribution in [0.2, 0.25) is 0 Å². The van der Waals surface area contributed by atoms with E-state index in [4.69, 9.17) is 12.2 Å². The summed E-state index contributed by atoms with van der Waals surface area (Å²) in [6, 6.07) is 0. The average Bonchev–Trinajstić information content (AvgIpc) is 2.62. The summed E-state index contributed by atoms with van der Waals surface area (Å²) in [7, 11) is 0. The molecule has 1 aliphatic heterocycles. The van der Waals surface area contributed by atoms with Gasteiger partial charge in [0, 0.05) is 23.7 Å². The Labute approximate surface area is 130 Å². The van der Waals surface area contributed by atoms with Gasteiger partial charge in [-0.05, 0) is 44.3 Å². The molecule has 1 N–H and O–H groups in total. The molecule has 2 rings (SSSR count). The molecule has 20 heavy (non-hydrogen) atoms. The molecule has 1 aromatic heterocycles. The van der Waals surface area contributed by atoms with Crippen molar-refractivity contribution < 1.29 is 4.79 Å². The van der Waals surface area contributed by atoms with Crippen LogP contribution in [0.25, 0.3) is 0 Å². The number of rotatable bonds is 4. The number of carbonyl (C=O) groups excluding carboxylic acids is 1. The SMILES string of the molecule is CCC[C@@H]1CCCN(C(=O)Cc2sc(=S)[nH]c2C)CC1. The molecule has 0 saturated carbocycles. The van der Waals surface area contributed by atoms with Crippen molar-refractivity contribution in [3.8, 4) is 0 Å². The van der Waals surface area contributed by atoms with Crippen LogP contribution in [0.3, 0.4) is 0 Å². The van der Waals surface area contributed by atoms with E-state index in [0.717, 1.165) is 40.0 Å². The van der Waals surface area contributed by atoms with Gasteiger partial charge in [-0.1, -0.05) is 19.8 Å². The topological polar surface area (TPSA) is 36.1 Å². The van der Waals surface area contributed by atoms with Crippen molar-refractivity contribution in [1.82, 2.24) is 9.88 Å². The van der Waals surface area contributed by atoms with E-state index < -0.39 is 0 Å². The zero-order valence-electron chi connectivity index (χ0n) is 12.4. The Kier molecular flexibility index (Phi) is 5.78. The lowest BCUT2D eigenvalue weighted by atomic mass is 9.96. The van der Waals surface area contributed by atoms with Gasteiger partial charge >= 0.3 is 0 Å². The average molecular weight is 313 g/mol. The lowest BCUT2D eigenvalue weighted by Gasteiger charge is -2.20. The van der Waals surface area contributed by atoms with Crippen LogP contribution in [0, 0.1) is 16.8 Å². The van der Waals surface area contributed by atoms with Crippen molar-refractivity contribution >= 4 is 29.5 Å². The third-order valence-corrected chi connectivity index (χ3v) is 5.47. The minimum atomic E-state index is 0.260. The Morgan fingerprint density at radius 1 is 1.45 bits per heavy atom. The fraction of sp³-hybridized carbons (Fsp3) is 0.733. The lowest BCUT2D eigenvalue weighted by molar-refractivity contribution is -0.130. The highest BCUT2D eigenvalue weighted by Gasteiger charge is 2.21. The summed E-state index contributed by atoms with van der Waals surface area (Å²) in [6.07, 6.45) is 6.66. The van der Waals surface area contributed by atoms with Crippen LogP contribution in [0.1, 0.15) is 49.6 Å². The van der Waals surface area contributed by atoms with Gasteiger partial charge in [0.05, 0.1) is 6.42 Å². The molecule has 0 aromatic carbocycles. The molecule has 1 atom stereocenters. The molecule has 1 amide bonds. The van der Waals surface area contributed by atoms with E-state index in [1.54, 1.807) is 0 Å². The molecule has 1 saturated heterocycles. The summed E-state index contributed by atoms with van der Waals surface area (Å²) in [5.41, 5.74) is 1.05. The minimum Gasteiger partial charge on any atom is -0.342 e. The van der Waals surface area contributed by atoms with Gasteiger partial charge in [-0.2, -0.15) is 0 Å². The second-order valence-electron chi connectivity index (χ2n) is 5.71. The molecular weight excluding hydrogens is 288 g/mol. The maximum atomic E-state index is 12.4. The molecule has 2 heterocycles. The first-order chi connectivity index (χ1) is 9.60. The summed E-state index contributed by atoms with van der Waals surface area (Å²) in [5.74, 6) is 1.07. The van der Waals surface area contributed by atoms with Crippen molar-refractivity contribution in [1.29, 1.82) is 0 Å². The van der Waals surface area contributed by atoms with E-state index >= 15 is 0 Å². The molecule has 1 aliphatic rings. The van der Waals surface area contributed by atoms with Gasteiger partial charge in [0.25, 0.3) is 0 Å². The minimum absolute atomic E-state index is 0.260. The van der Waals surface area contributed by atoms with E-state index in [0.29, 0.717) is 6.42 Å². The molecule has 0 bridgehead atoms. The van der Waals surface area contributed by atoms with Gasteiger partial charge < -0.3 is 9.88 Å². The van der Waals surface area contributed by atoms with Crippen LogP contribution < -0.4 is 0 Å². The number of likely N-dealkylation sites (tertiary alicyclic amines) is 1. The third-order valence-electron chi connectivity index (χ3n) is 4.13. The zero-order valence-corrected chi connectivity index (χ0v) is 14.0. The number of aromatic amines is 1. The molecule has 1 aromatic rings. The van der Waals surface area contributed by atoms with Gasteiger partial charge in [-0.25, -0.2) is 0 Å². The van der Waals surface area contributed by atoms with Crippen LogP contribution in [0.5, 0.6) is 0 Å². The number of thiazole rings is 1. The molecule has 0 unspecified atom stereocenters. The zero-order chi connectivity index (χ0) is 14.5. The second kappa shape index (κ2) is 7.36. The summed E-state index contributed by atoms with van der Waals surface area (Å²) in [4.78, 5) is 18.7. The van der Waals surface area contributed by atoms with Crippen LogP contribution in [0.4, 0.5) is 0 Å². The molecule has 0 radical (unpaired) electrons. The predicted molar refractivity (Wildman–Crippen MR) is 86.8 cm³/mol. The maximum absolute atomic E-state index is 12.4. The Morgan fingerprint density at radius 3 is 2.90 bits per heavy atom. The second-order valence-corrected chi connectivity index (χ2v) is 7.48. The highest BCUT2D eigenvalue weighted by Crippen LogP contribution is 2.23. The largest absolute Gasteiger partial charge is 0.342 e. The summed E-state index contributed by atoms with van der Waals surface area (Å²) < 4.78 is 0.768. The Bertz CT molecular complexity index is 506. The number of hydrogen-bond acceptors (Lipinski definition) is 3. The van der Waals surface area contributed by atoms with Crippen LogP contribution >= 0.6 is 23.6 Å². The first-order valence-electron chi connectivity index (χ1n) is 7.56. The Balaban J connectivity index is 1.92. The van der Waals surface area contributed by atoms with Crippen molar-refractivity contribution in [3.63, 3.8) is 0 Å². The lowest BCUT2D eigenvalue weighted by Crippen LogP contribution is -2.33. The van der Waals surface area contributed by atoms with Crippen molar-refractivity contribution in [2.75, 3.05) is 13.1 Å². The third kappa shape index (κ3) is 4.16. The van der Waals surface area contributed by atoms with Crippen LogP contribution in [-0.2, 0) is 11.2 Å². The smallest absolute Gasteiger partial charge is 0.227 e. The molecule has 5 heteroatoms. The fourth-order valence-corrected chi connectivity index (χ4v) is 4.25. The van der Waals surface area contributed by atoms with Gasteiger partial charge in [0.2, 0.25) is 5.91 Å². The number of aryl methyl sites for hydroxylation is 1. The highest BCUT2D eigenvalue weighted by atomic mass is 32.1. The first kappa shape index (κ1) is 15.7. The van der Waals surface area contributed by atoms with E-state index in [2.05, 4.69) is 16.8 Å². The number of H-pyrrole nitrogens is 1.